The van der Waals surface area contributed by atoms with Crippen LogP contribution in [0.3, 0.4) is 0 Å². The first kappa shape index (κ1) is 23.0. The van der Waals surface area contributed by atoms with E-state index >= 15 is 0 Å². The Kier molecular flexibility index (Phi) is 7.21. The Labute approximate surface area is 188 Å². The number of imidazole rings is 1. The number of carbonyl (C=O) groups excluding carboxylic acids is 3. The normalized spacial score (nSPS) is 10.7. The molecule has 0 bridgehead atoms. The van der Waals surface area contributed by atoms with Crippen LogP contribution in [0.1, 0.15) is 45.2 Å². The highest BCUT2D eigenvalue weighted by molar-refractivity contribution is 6.34. The van der Waals surface area contributed by atoms with Gasteiger partial charge in [-0.15, -0.1) is 0 Å². The molecule has 0 aliphatic rings. The number of carbonyl (C=O) groups is 3. The van der Waals surface area contributed by atoms with Crippen molar-refractivity contribution in [1.82, 2.24) is 15.3 Å². The lowest BCUT2D eigenvalue weighted by atomic mass is 10.2. The van der Waals surface area contributed by atoms with Crippen LogP contribution < -0.4 is 16.0 Å². The number of benzene rings is 2. The number of H-pyrrole nitrogens is 1. The number of amides is 3. The van der Waals surface area contributed by atoms with Crippen LogP contribution in [-0.4, -0.2) is 34.2 Å². The molecular weight excluding hydrogens is 437 g/mol. The van der Waals surface area contributed by atoms with E-state index in [-0.39, 0.29) is 27.9 Å². The maximum absolute atomic E-state index is 13.1. The molecule has 10 heteroatoms. The fourth-order valence-electron chi connectivity index (χ4n) is 2.72. The van der Waals surface area contributed by atoms with Crippen LogP contribution >= 0.6 is 11.6 Å². The average molecular weight is 458 g/mol. The van der Waals surface area contributed by atoms with Gasteiger partial charge in [-0.3, -0.25) is 14.4 Å². The summed E-state index contributed by atoms with van der Waals surface area (Å²) in [6, 6.07) is 9.79. The molecule has 0 atom stereocenters. The van der Waals surface area contributed by atoms with Crippen molar-refractivity contribution in [3.05, 3.63) is 76.6 Å². The summed E-state index contributed by atoms with van der Waals surface area (Å²) in [5.74, 6) is -1.75. The van der Waals surface area contributed by atoms with E-state index in [4.69, 9.17) is 11.6 Å². The van der Waals surface area contributed by atoms with Gasteiger partial charge in [0.05, 0.1) is 16.9 Å². The third-order valence-corrected chi connectivity index (χ3v) is 4.64. The zero-order chi connectivity index (χ0) is 23.3. The van der Waals surface area contributed by atoms with Crippen molar-refractivity contribution in [2.24, 2.45) is 5.92 Å². The van der Waals surface area contributed by atoms with Crippen molar-refractivity contribution in [2.45, 2.75) is 13.8 Å². The van der Waals surface area contributed by atoms with Gasteiger partial charge in [-0.2, -0.15) is 0 Å². The van der Waals surface area contributed by atoms with Crippen LogP contribution in [-0.2, 0) is 0 Å². The van der Waals surface area contributed by atoms with Crippen LogP contribution in [0.2, 0.25) is 5.02 Å². The lowest BCUT2D eigenvalue weighted by Crippen LogP contribution is -2.29. The van der Waals surface area contributed by atoms with Crippen LogP contribution in [0.25, 0.3) is 0 Å². The van der Waals surface area contributed by atoms with E-state index < -0.39 is 23.5 Å². The van der Waals surface area contributed by atoms with Crippen LogP contribution in [0.5, 0.6) is 0 Å². The van der Waals surface area contributed by atoms with Crippen LogP contribution in [0.4, 0.5) is 15.8 Å². The minimum Gasteiger partial charge on any atom is -0.350 e. The minimum atomic E-state index is -0.559. The van der Waals surface area contributed by atoms with Gasteiger partial charge in [0.15, 0.2) is 5.69 Å². The highest BCUT2D eigenvalue weighted by atomic mass is 35.5. The zero-order valence-electron chi connectivity index (χ0n) is 17.3. The summed E-state index contributed by atoms with van der Waals surface area (Å²) in [4.78, 5) is 43.8. The molecule has 1 aromatic heterocycles. The second-order valence-corrected chi connectivity index (χ2v) is 7.75. The topological polar surface area (TPSA) is 116 Å². The van der Waals surface area contributed by atoms with E-state index in [9.17, 15) is 18.8 Å². The number of aromatic amines is 1. The molecule has 0 aliphatic carbocycles. The van der Waals surface area contributed by atoms with Crippen LogP contribution in [0, 0.1) is 11.7 Å². The van der Waals surface area contributed by atoms with Gasteiger partial charge >= 0.3 is 0 Å². The molecule has 3 rings (SSSR count). The molecule has 8 nitrogen and oxygen atoms in total. The van der Waals surface area contributed by atoms with Crippen molar-refractivity contribution in [1.29, 1.82) is 0 Å². The van der Waals surface area contributed by atoms with E-state index in [0.29, 0.717) is 17.9 Å². The molecule has 0 fully saturated rings. The van der Waals surface area contributed by atoms with Gasteiger partial charge in [-0.1, -0.05) is 25.4 Å². The fraction of sp³-hybridized carbons (Fsp3) is 0.182. The molecule has 3 amide bonds. The number of aromatic nitrogens is 2. The summed E-state index contributed by atoms with van der Waals surface area (Å²) in [5.41, 5.74) is 1.05. The van der Waals surface area contributed by atoms with Gasteiger partial charge in [0.25, 0.3) is 17.7 Å². The van der Waals surface area contributed by atoms with Gasteiger partial charge < -0.3 is 20.9 Å². The second-order valence-electron chi connectivity index (χ2n) is 7.34. The average Bonchev–Trinajstić information content (AvgIpc) is 3.23. The van der Waals surface area contributed by atoms with Crippen molar-refractivity contribution in [3.63, 3.8) is 0 Å². The van der Waals surface area contributed by atoms with Crippen molar-refractivity contribution >= 4 is 40.7 Å². The van der Waals surface area contributed by atoms with Gasteiger partial charge in [-0.05, 0) is 48.4 Å². The Morgan fingerprint density at radius 1 is 1.00 bits per heavy atom. The SMILES string of the molecule is CC(C)CNC(=O)c1[nH]cnc1C(=O)Nc1ccc(NC(=O)c2ccc(F)cc2Cl)cc1. The summed E-state index contributed by atoms with van der Waals surface area (Å²) < 4.78 is 13.1. The van der Waals surface area contributed by atoms with E-state index in [0.717, 1.165) is 12.1 Å². The van der Waals surface area contributed by atoms with Gasteiger partial charge in [0.2, 0.25) is 0 Å². The summed E-state index contributed by atoms with van der Waals surface area (Å²) in [7, 11) is 0. The molecule has 0 aliphatic heterocycles. The second kappa shape index (κ2) is 10.1. The summed E-state index contributed by atoms with van der Waals surface area (Å²) >= 11 is 5.91. The molecule has 166 valence electrons. The Bertz CT molecular complexity index is 1140. The summed E-state index contributed by atoms with van der Waals surface area (Å²) in [6.45, 7) is 4.39. The van der Waals surface area contributed by atoms with Gasteiger partial charge in [-0.25, -0.2) is 9.37 Å². The number of rotatable bonds is 7. The molecule has 1 heterocycles. The predicted octanol–water partition coefficient (Wildman–Crippen LogP) is 4.09. The van der Waals surface area contributed by atoms with Crippen molar-refractivity contribution in [3.8, 4) is 0 Å². The van der Waals surface area contributed by atoms with Crippen molar-refractivity contribution < 1.29 is 18.8 Å². The monoisotopic (exact) mass is 457 g/mol. The standard InChI is InChI=1S/C22H21ClFN5O3/c1-12(2)10-25-21(31)18-19(27-11-26-18)22(32)29-15-6-4-14(5-7-15)28-20(30)16-8-3-13(24)9-17(16)23/h3-9,11-12H,10H2,1-2H3,(H,25,31)(H,26,27)(H,28,30)(H,29,32). The number of anilines is 2. The highest BCUT2D eigenvalue weighted by Gasteiger charge is 2.20. The maximum Gasteiger partial charge on any atom is 0.276 e. The van der Waals surface area contributed by atoms with E-state index in [1.807, 2.05) is 13.8 Å². The smallest absolute Gasteiger partial charge is 0.276 e. The minimum absolute atomic E-state index is 0.00128. The molecular formula is C22H21ClFN5O3. The lowest BCUT2D eigenvalue weighted by Gasteiger charge is -2.09. The first-order valence-corrected chi connectivity index (χ1v) is 10.1. The lowest BCUT2D eigenvalue weighted by molar-refractivity contribution is 0.0931. The first-order valence-electron chi connectivity index (χ1n) is 9.74. The molecule has 0 spiro atoms. The number of hydrogen-bond donors (Lipinski definition) is 4. The molecule has 0 unspecified atom stereocenters. The largest absolute Gasteiger partial charge is 0.350 e. The van der Waals surface area contributed by atoms with Gasteiger partial charge in [0, 0.05) is 17.9 Å². The molecule has 0 radical (unpaired) electrons. The molecule has 0 saturated carbocycles. The Balaban J connectivity index is 1.64. The molecule has 32 heavy (non-hydrogen) atoms. The Morgan fingerprint density at radius 3 is 2.22 bits per heavy atom. The number of nitrogens with one attached hydrogen (secondary N) is 4. The molecule has 0 saturated heterocycles. The van der Waals surface area contributed by atoms with E-state index in [2.05, 4.69) is 25.9 Å². The summed E-state index contributed by atoms with van der Waals surface area (Å²) in [5, 5.41) is 8.03. The third-order valence-electron chi connectivity index (χ3n) is 4.33. The zero-order valence-corrected chi connectivity index (χ0v) is 18.1. The first-order chi connectivity index (χ1) is 15.2. The Morgan fingerprint density at radius 2 is 1.62 bits per heavy atom. The molecule has 2 aromatic carbocycles. The van der Waals surface area contributed by atoms with Gasteiger partial charge in [0.1, 0.15) is 11.5 Å². The third kappa shape index (κ3) is 5.70. The fourth-order valence-corrected chi connectivity index (χ4v) is 2.98. The summed E-state index contributed by atoms with van der Waals surface area (Å²) in [6.07, 6.45) is 1.28. The van der Waals surface area contributed by atoms with E-state index in [1.165, 1.54) is 12.4 Å². The number of hydrogen-bond acceptors (Lipinski definition) is 4. The van der Waals surface area contributed by atoms with Crippen molar-refractivity contribution in [2.75, 3.05) is 17.2 Å². The maximum atomic E-state index is 13.1. The number of nitrogens with zero attached hydrogens (tertiary/aromatic N) is 1. The van der Waals surface area contributed by atoms with Crippen LogP contribution in [0.15, 0.2) is 48.8 Å². The molecule has 3 aromatic rings. The number of halogens is 2. The highest BCUT2D eigenvalue weighted by Crippen LogP contribution is 2.20. The predicted molar refractivity (Wildman–Crippen MR) is 120 cm³/mol. The Hall–Kier alpha value is -3.72. The quantitative estimate of drug-likeness (QED) is 0.427. The van der Waals surface area contributed by atoms with E-state index in [1.54, 1.807) is 24.3 Å². The molecule has 4 N–H and O–H groups in total.